The quantitative estimate of drug-likeness (QED) is 0.581. The van der Waals surface area contributed by atoms with Crippen molar-refractivity contribution in [3.63, 3.8) is 0 Å². The Morgan fingerprint density at radius 1 is 1.29 bits per heavy atom. The predicted octanol–water partition coefficient (Wildman–Crippen LogP) is 2.18. The van der Waals surface area contributed by atoms with Gasteiger partial charge in [-0.1, -0.05) is 18.2 Å². The van der Waals surface area contributed by atoms with Crippen LogP contribution in [0.4, 0.5) is 0 Å². The van der Waals surface area contributed by atoms with Gasteiger partial charge in [-0.2, -0.15) is 0 Å². The molecule has 1 atom stereocenters. The summed E-state index contributed by atoms with van der Waals surface area (Å²) in [5, 5.41) is 20.7. The van der Waals surface area contributed by atoms with Crippen LogP contribution >= 0.6 is 0 Å². The molecule has 0 fully saturated rings. The Labute approximate surface area is 177 Å². The molecular formula is C23H23NO7. The van der Waals surface area contributed by atoms with Crippen LogP contribution in [-0.2, 0) is 29.1 Å². The molecule has 8 heteroatoms. The molecule has 1 aliphatic rings. The number of carbonyl (C=O) groups is 1. The number of ether oxygens (including phenoxy) is 1. The van der Waals surface area contributed by atoms with E-state index in [1.165, 1.54) is 0 Å². The van der Waals surface area contributed by atoms with E-state index in [1.807, 2.05) is 18.2 Å². The third kappa shape index (κ3) is 3.74. The maximum atomic E-state index is 13.5. The minimum absolute atomic E-state index is 0.0730. The van der Waals surface area contributed by atoms with Crippen molar-refractivity contribution in [1.29, 1.82) is 0 Å². The predicted molar refractivity (Wildman–Crippen MR) is 112 cm³/mol. The summed E-state index contributed by atoms with van der Waals surface area (Å²) in [6.45, 7) is 1.76. The first-order chi connectivity index (χ1) is 14.9. The van der Waals surface area contributed by atoms with E-state index in [2.05, 4.69) is 0 Å². The fourth-order valence-electron chi connectivity index (χ4n) is 4.24. The highest BCUT2D eigenvalue weighted by atomic mass is 16.5. The van der Waals surface area contributed by atoms with Crippen LogP contribution in [0.15, 0.2) is 44.3 Å². The summed E-state index contributed by atoms with van der Waals surface area (Å²) in [5.41, 5.74) is 1.07. The van der Waals surface area contributed by atoms with Gasteiger partial charge in [0.05, 0.1) is 24.5 Å². The molecule has 0 radical (unpaired) electrons. The van der Waals surface area contributed by atoms with Crippen molar-refractivity contribution in [2.24, 2.45) is 0 Å². The number of benzene rings is 1. The van der Waals surface area contributed by atoms with Gasteiger partial charge >= 0.3 is 5.97 Å². The molecule has 0 bridgehead atoms. The Hall–Kier alpha value is -3.39. The van der Waals surface area contributed by atoms with Crippen LogP contribution < -0.4 is 11.0 Å². The number of aromatic nitrogens is 1. The van der Waals surface area contributed by atoms with Crippen LogP contribution in [0.3, 0.4) is 0 Å². The summed E-state index contributed by atoms with van der Waals surface area (Å²) < 4.78 is 12.3. The lowest BCUT2D eigenvalue weighted by atomic mass is 9.90. The number of aliphatic hydroxyl groups is 1. The topological polar surface area (TPSA) is 119 Å². The summed E-state index contributed by atoms with van der Waals surface area (Å²) in [7, 11) is 0. The van der Waals surface area contributed by atoms with Crippen LogP contribution in [-0.4, -0.2) is 27.4 Å². The summed E-state index contributed by atoms with van der Waals surface area (Å²) in [6, 6.07) is 8.43. The fraction of sp³-hybridized carbons (Fsp3) is 0.348. The first-order valence-corrected chi connectivity index (χ1v) is 10.2. The summed E-state index contributed by atoms with van der Waals surface area (Å²) in [6.07, 6.45) is 1.37. The van der Waals surface area contributed by atoms with Gasteiger partial charge in [0.15, 0.2) is 5.76 Å². The Bertz CT molecular complexity index is 1270. The number of hydrogen-bond acceptors (Lipinski definition) is 7. The minimum Gasteiger partial charge on any atom is -0.502 e. The molecule has 0 saturated carbocycles. The number of aromatic hydroxyl groups is 1. The fourth-order valence-corrected chi connectivity index (χ4v) is 4.24. The van der Waals surface area contributed by atoms with Crippen LogP contribution in [0.1, 0.15) is 48.3 Å². The molecule has 0 unspecified atom stereocenters. The molecule has 31 heavy (non-hydrogen) atoms. The summed E-state index contributed by atoms with van der Waals surface area (Å²) in [5.74, 6) is -2.66. The largest absolute Gasteiger partial charge is 0.502 e. The lowest BCUT2D eigenvalue weighted by Crippen LogP contribution is -2.30. The second-order valence-electron chi connectivity index (χ2n) is 7.52. The molecule has 4 rings (SSSR count). The van der Waals surface area contributed by atoms with Gasteiger partial charge in [0.1, 0.15) is 12.4 Å². The first kappa shape index (κ1) is 20.9. The number of aliphatic hydroxyl groups excluding tert-OH is 1. The summed E-state index contributed by atoms with van der Waals surface area (Å²) >= 11 is 0. The zero-order valence-electron chi connectivity index (χ0n) is 17.1. The van der Waals surface area contributed by atoms with Gasteiger partial charge in [-0.25, -0.2) is 0 Å². The monoisotopic (exact) mass is 425 g/mol. The number of nitrogens with zero attached hydrogens (tertiary/aromatic N) is 1. The Morgan fingerprint density at radius 2 is 2.10 bits per heavy atom. The minimum atomic E-state index is -1.05. The van der Waals surface area contributed by atoms with Gasteiger partial charge < -0.3 is 23.9 Å². The van der Waals surface area contributed by atoms with E-state index >= 15 is 0 Å². The molecule has 0 aliphatic carbocycles. The van der Waals surface area contributed by atoms with Gasteiger partial charge in [0, 0.05) is 18.2 Å². The molecule has 2 N–H and O–H groups in total. The Balaban J connectivity index is 1.98. The molecule has 8 nitrogen and oxygen atoms in total. The van der Waals surface area contributed by atoms with Crippen molar-refractivity contribution in [2.75, 3.05) is 6.61 Å². The van der Waals surface area contributed by atoms with Crippen molar-refractivity contribution in [1.82, 2.24) is 4.57 Å². The Morgan fingerprint density at radius 3 is 2.84 bits per heavy atom. The number of rotatable bonds is 6. The number of esters is 1. The third-order valence-corrected chi connectivity index (χ3v) is 5.58. The van der Waals surface area contributed by atoms with Gasteiger partial charge in [0.2, 0.25) is 11.2 Å². The molecule has 0 spiro atoms. The van der Waals surface area contributed by atoms with Gasteiger partial charge in [-0.15, -0.1) is 0 Å². The molecule has 0 saturated heterocycles. The average molecular weight is 425 g/mol. The molecule has 0 amide bonds. The molecule has 3 aromatic rings. The second kappa shape index (κ2) is 8.39. The number of carbonyl (C=O) groups excluding carboxylic acids is 1. The summed E-state index contributed by atoms with van der Waals surface area (Å²) in [4.78, 5) is 38.0. The van der Waals surface area contributed by atoms with Crippen LogP contribution in [0.5, 0.6) is 5.75 Å². The molecule has 162 valence electrons. The maximum Gasteiger partial charge on any atom is 0.306 e. The van der Waals surface area contributed by atoms with Crippen molar-refractivity contribution in [3.8, 4) is 5.75 Å². The van der Waals surface area contributed by atoms with Crippen molar-refractivity contribution in [2.45, 2.75) is 45.3 Å². The lowest BCUT2D eigenvalue weighted by molar-refractivity contribution is -0.143. The lowest BCUT2D eigenvalue weighted by Gasteiger charge is -2.23. The van der Waals surface area contributed by atoms with Crippen LogP contribution in [0, 0.1) is 0 Å². The van der Waals surface area contributed by atoms with E-state index in [-0.39, 0.29) is 35.7 Å². The van der Waals surface area contributed by atoms with E-state index in [0.717, 1.165) is 35.4 Å². The van der Waals surface area contributed by atoms with E-state index in [1.54, 1.807) is 17.6 Å². The standard InChI is InChI=1S/C23H23NO7/c1-2-30-19(27)11-16(22-21(28)18(26)10-15(12-25)31-22)17-9-14-6-3-5-13-7-4-8-24(20(13)14)23(17)29/h3,5-6,9-10,16,25,28H,2,4,7-8,11-12H2,1H3/t16-/m1/s1. The second-order valence-corrected chi connectivity index (χ2v) is 7.52. The zero-order chi connectivity index (χ0) is 22.1. The Kier molecular flexibility index (Phi) is 5.65. The van der Waals surface area contributed by atoms with Crippen molar-refractivity contribution >= 4 is 16.9 Å². The average Bonchev–Trinajstić information content (AvgIpc) is 2.77. The van der Waals surface area contributed by atoms with E-state index < -0.39 is 29.7 Å². The molecule has 1 aromatic carbocycles. The third-order valence-electron chi connectivity index (χ3n) is 5.58. The SMILES string of the molecule is CCOC(=O)C[C@@H](c1oc(CO)cc(=O)c1O)c1cc2cccc3c2n(c1=O)CCC3. The molecule has 1 aliphatic heterocycles. The van der Waals surface area contributed by atoms with Crippen LogP contribution in [0.25, 0.3) is 10.9 Å². The van der Waals surface area contributed by atoms with Gasteiger partial charge in [-0.3, -0.25) is 14.4 Å². The van der Waals surface area contributed by atoms with Crippen molar-refractivity contribution in [3.05, 3.63) is 73.6 Å². The maximum absolute atomic E-state index is 13.5. The zero-order valence-corrected chi connectivity index (χ0v) is 17.1. The number of hydrogen-bond donors (Lipinski definition) is 2. The van der Waals surface area contributed by atoms with Gasteiger partial charge in [-0.05, 0) is 36.8 Å². The number of aryl methyl sites for hydroxylation is 2. The molecule has 2 aromatic heterocycles. The van der Waals surface area contributed by atoms with Gasteiger partial charge in [0.25, 0.3) is 5.56 Å². The highest BCUT2D eigenvalue weighted by molar-refractivity contribution is 5.84. The normalized spacial score (nSPS) is 13.9. The van der Waals surface area contributed by atoms with E-state index in [0.29, 0.717) is 6.54 Å². The number of pyridine rings is 1. The van der Waals surface area contributed by atoms with Crippen molar-refractivity contribution < 1.29 is 24.2 Å². The number of para-hydroxylation sites is 1. The first-order valence-electron chi connectivity index (χ1n) is 10.2. The molecular weight excluding hydrogens is 402 g/mol. The smallest absolute Gasteiger partial charge is 0.306 e. The van der Waals surface area contributed by atoms with Crippen LogP contribution in [0.2, 0.25) is 0 Å². The highest BCUT2D eigenvalue weighted by Crippen LogP contribution is 2.34. The molecule has 3 heterocycles. The van der Waals surface area contributed by atoms with E-state index in [9.17, 15) is 24.6 Å². The highest BCUT2D eigenvalue weighted by Gasteiger charge is 2.30. The van der Waals surface area contributed by atoms with E-state index in [4.69, 9.17) is 9.15 Å².